The molecule has 126 valence electrons. The molecule has 3 rings (SSSR count). The Balaban J connectivity index is 0.00000192. The number of nitrogens with one attached hydrogen (secondary N) is 2. The molecule has 23 heavy (non-hydrogen) atoms. The van der Waals surface area contributed by atoms with Crippen LogP contribution >= 0.6 is 35.3 Å². The van der Waals surface area contributed by atoms with Gasteiger partial charge in [0.25, 0.3) is 0 Å². The number of rotatable bonds is 4. The average molecular weight is 447 g/mol. The monoisotopic (exact) mass is 447 g/mol. The molecule has 0 unspecified atom stereocenters. The topological polar surface area (TPSA) is 80.0 Å². The van der Waals surface area contributed by atoms with Crippen LogP contribution in [0.2, 0.25) is 0 Å². The molecule has 1 aliphatic rings. The average Bonchev–Trinajstić information content (AvgIpc) is 3.14. The number of aryl methyl sites for hydroxylation is 2. The number of aliphatic imine (C=N–C) groups is 1. The molecule has 0 radical (unpaired) electrons. The molecule has 1 aliphatic heterocycles. The van der Waals surface area contributed by atoms with Crippen LogP contribution in [-0.2, 0) is 26.1 Å². The van der Waals surface area contributed by atoms with Gasteiger partial charge in [0.05, 0.1) is 13.1 Å². The summed E-state index contributed by atoms with van der Waals surface area (Å²) in [6, 6.07) is 0. The molecule has 0 fully saturated rings. The fourth-order valence-corrected chi connectivity index (χ4v) is 3.25. The summed E-state index contributed by atoms with van der Waals surface area (Å²) in [6.07, 6.45) is 5.33. The highest BCUT2D eigenvalue weighted by Gasteiger charge is 2.15. The standard InChI is InChI=1S/C14H21N7S.HI/c1-10-7-16-13(22-10)9-18-14(15-2)17-8-12-20-19-11-5-3-4-6-21(11)12;/h7H,3-6,8-9H2,1-2H3,(H2,15,17,18);1H. The summed E-state index contributed by atoms with van der Waals surface area (Å²) in [6.45, 7) is 4.38. The Morgan fingerprint density at radius 1 is 1.30 bits per heavy atom. The summed E-state index contributed by atoms with van der Waals surface area (Å²) in [7, 11) is 1.77. The van der Waals surface area contributed by atoms with Crippen LogP contribution in [0.5, 0.6) is 0 Å². The number of hydrogen-bond donors (Lipinski definition) is 2. The Morgan fingerprint density at radius 3 is 2.87 bits per heavy atom. The van der Waals surface area contributed by atoms with Crippen LogP contribution in [0.25, 0.3) is 0 Å². The maximum Gasteiger partial charge on any atom is 0.191 e. The first-order valence-corrected chi connectivity index (χ1v) is 8.34. The van der Waals surface area contributed by atoms with Crippen molar-refractivity contribution in [1.29, 1.82) is 0 Å². The molecule has 0 bridgehead atoms. The molecule has 0 atom stereocenters. The lowest BCUT2D eigenvalue weighted by Crippen LogP contribution is -2.37. The number of aromatic nitrogens is 4. The lowest BCUT2D eigenvalue weighted by Gasteiger charge is -2.15. The van der Waals surface area contributed by atoms with Gasteiger partial charge < -0.3 is 15.2 Å². The van der Waals surface area contributed by atoms with E-state index in [9.17, 15) is 0 Å². The van der Waals surface area contributed by atoms with E-state index in [1.54, 1.807) is 18.4 Å². The Hall–Kier alpha value is -1.23. The zero-order chi connectivity index (χ0) is 15.4. The summed E-state index contributed by atoms with van der Waals surface area (Å²) in [5.74, 6) is 2.83. The van der Waals surface area contributed by atoms with Crippen LogP contribution in [0.15, 0.2) is 11.2 Å². The van der Waals surface area contributed by atoms with Crippen LogP contribution in [0.4, 0.5) is 0 Å². The molecule has 0 aromatic carbocycles. The van der Waals surface area contributed by atoms with Crippen molar-refractivity contribution in [2.24, 2.45) is 4.99 Å². The van der Waals surface area contributed by atoms with Gasteiger partial charge in [-0.05, 0) is 19.8 Å². The summed E-state index contributed by atoms with van der Waals surface area (Å²) in [5, 5.41) is 16.2. The first kappa shape index (κ1) is 18.1. The van der Waals surface area contributed by atoms with Crippen molar-refractivity contribution in [3.8, 4) is 0 Å². The van der Waals surface area contributed by atoms with Gasteiger partial charge in [0.1, 0.15) is 10.8 Å². The SMILES string of the molecule is CN=C(NCc1ncc(C)s1)NCc1nnc2n1CCCC2.I. The Kier molecular flexibility index (Phi) is 6.75. The smallest absolute Gasteiger partial charge is 0.191 e. The summed E-state index contributed by atoms with van der Waals surface area (Å²) in [4.78, 5) is 9.79. The van der Waals surface area contributed by atoms with Gasteiger partial charge in [0, 0.05) is 31.1 Å². The lowest BCUT2D eigenvalue weighted by atomic mass is 10.2. The maximum absolute atomic E-state index is 4.34. The third-order valence-corrected chi connectivity index (χ3v) is 4.56. The fraction of sp³-hybridized carbons (Fsp3) is 0.571. The quantitative estimate of drug-likeness (QED) is 0.425. The second-order valence-corrected chi connectivity index (χ2v) is 6.60. The van der Waals surface area contributed by atoms with E-state index in [1.165, 1.54) is 17.7 Å². The molecule has 2 N–H and O–H groups in total. The zero-order valence-electron chi connectivity index (χ0n) is 13.4. The molecular formula is C14H22IN7S. The fourth-order valence-electron chi connectivity index (χ4n) is 2.53. The van der Waals surface area contributed by atoms with Crippen molar-refractivity contribution in [2.75, 3.05) is 7.05 Å². The summed E-state index contributed by atoms with van der Waals surface area (Å²) in [5.41, 5.74) is 0. The second kappa shape index (κ2) is 8.57. The van der Waals surface area contributed by atoms with Crippen molar-refractivity contribution in [3.05, 3.63) is 27.7 Å². The van der Waals surface area contributed by atoms with E-state index in [4.69, 9.17) is 0 Å². The van der Waals surface area contributed by atoms with Gasteiger partial charge in [-0.3, -0.25) is 4.99 Å². The highest BCUT2D eigenvalue weighted by molar-refractivity contribution is 14.0. The molecule has 9 heteroatoms. The zero-order valence-corrected chi connectivity index (χ0v) is 16.5. The van der Waals surface area contributed by atoms with Crippen molar-refractivity contribution >= 4 is 41.3 Å². The lowest BCUT2D eigenvalue weighted by molar-refractivity contribution is 0.504. The maximum atomic E-state index is 4.34. The van der Waals surface area contributed by atoms with Gasteiger partial charge in [0.2, 0.25) is 0 Å². The van der Waals surface area contributed by atoms with E-state index in [0.717, 1.165) is 35.6 Å². The number of thiazole rings is 1. The Bertz CT molecular complexity index is 664. The van der Waals surface area contributed by atoms with E-state index >= 15 is 0 Å². The third kappa shape index (κ3) is 4.63. The minimum atomic E-state index is 0. The summed E-state index contributed by atoms with van der Waals surface area (Å²) >= 11 is 1.69. The van der Waals surface area contributed by atoms with Crippen LogP contribution < -0.4 is 10.6 Å². The van der Waals surface area contributed by atoms with Gasteiger partial charge in [0.15, 0.2) is 11.8 Å². The van der Waals surface area contributed by atoms with Crippen molar-refractivity contribution < 1.29 is 0 Å². The van der Waals surface area contributed by atoms with Crippen molar-refractivity contribution in [2.45, 2.75) is 45.8 Å². The van der Waals surface area contributed by atoms with Gasteiger partial charge in [-0.2, -0.15) is 0 Å². The van der Waals surface area contributed by atoms with Gasteiger partial charge in [-0.1, -0.05) is 0 Å². The van der Waals surface area contributed by atoms with Crippen LogP contribution in [0.1, 0.15) is 34.4 Å². The first-order valence-electron chi connectivity index (χ1n) is 7.53. The highest BCUT2D eigenvalue weighted by Crippen LogP contribution is 2.14. The number of fused-ring (bicyclic) bond motifs is 1. The van der Waals surface area contributed by atoms with Crippen LogP contribution in [-0.4, -0.2) is 32.8 Å². The van der Waals surface area contributed by atoms with Gasteiger partial charge >= 0.3 is 0 Å². The van der Waals surface area contributed by atoms with Crippen molar-refractivity contribution in [1.82, 2.24) is 30.4 Å². The number of guanidine groups is 1. The van der Waals surface area contributed by atoms with E-state index in [2.05, 4.69) is 42.3 Å². The largest absolute Gasteiger partial charge is 0.350 e. The predicted molar refractivity (Wildman–Crippen MR) is 102 cm³/mol. The Labute approximate surface area is 157 Å². The second-order valence-electron chi connectivity index (χ2n) is 5.29. The molecular weight excluding hydrogens is 425 g/mol. The molecule has 3 heterocycles. The molecule has 0 aliphatic carbocycles. The molecule has 7 nitrogen and oxygen atoms in total. The minimum Gasteiger partial charge on any atom is -0.350 e. The molecule has 2 aromatic heterocycles. The molecule has 2 aromatic rings. The van der Waals surface area contributed by atoms with E-state index in [1.807, 2.05) is 6.20 Å². The third-order valence-electron chi connectivity index (χ3n) is 3.65. The highest BCUT2D eigenvalue weighted by atomic mass is 127. The summed E-state index contributed by atoms with van der Waals surface area (Å²) < 4.78 is 2.22. The number of nitrogens with zero attached hydrogens (tertiary/aromatic N) is 5. The van der Waals surface area contributed by atoms with E-state index in [-0.39, 0.29) is 24.0 Å². The predicted octanol–water partition coefficient (Wildman–Crippen LogP) is 1.86. The molecule has 0 amide bonds. The Morgan fingerprint density at radius 2 is 2.13 bits per heavy atom. The molecule has 0 spiro atoms. The van der Waals surface area contributed by atoms with Gasteiger partial charge in [-0.25, -0.2) is 4.98 Å². The van der Waals surface area contributed by atoms with Crippen LogP contribution in [0, 0.1) is 6.92 Å². The van der Waals surface area contributed by atoms with Crippen LogP contribution in [0.3, 0.4) is 0 Å². The minimum absolute atomic E-state index is 0. The van der Waals surface area contributed by atoms with Crippen molar-refractivity contribution in [3.63, 3.8) is 0 Å². The molecule has 0 saturated heterocycles. The normalized spacial score (nSPS) is 14.1. The molecule has 0 saturated carbocycles. The first-order chi connectivity index (χ1) is 10.8. The van der Waals surface area contributed by atoms with E-state index in [0.29, 0.717) is 13.1 Å². The number of hydrogen-bond acceptors (Lipinski definition) is 5. The van der Waals surface area contributed by atoms with Gasteiger partial charge in [-0.15, -0.1) is 45.5 Å². The van der Waals surface area contributed by atoms with E-state index < -0.39 is 0 Å². The number of halogens is 1.